The number of carbonyl (C=O) groups excluding carboxylic acids is 1. The van der Waals surface area contributed by atoms with E-state index in [9.17, 15) is 4.79 Å². The molecule has 2 heterocycles. The van der Waals surface area contributed by atoms with Gasteiger partial charge in [0, 0.05) is 16.0 Å². The van der Waals surface area contributed by atoms with E-state index in [1.807, 2.05) is 47.8 Å². The molecule has 0 spiro atoms. The SMILES string of the molecule is O=C(Nc1nc(-c2ccccc2Cl)cs1)c1cnc2ccccc2n1. The second-order valence-electron chi connectivity index (χ2n) is 5.22. The molecule has 0 aliphatic carbocycles. The van der Waals surface area contributed by atoms with Crippen molar-refractivity contribution in [2.24, 2.45) is 0 Å². The van der Waals surface area contributed by atoms with Gasteiger partial charge >= 0.3 is 0 Å². The van der Waals surface area contributed by atoms with Crippen LogP contribution >= 0.6 is 22.9 Å². The van der Waals surface area contributed by atoms with Gasteiger partial charge in [0.15, 0.2) is 5.13 Å². The topological polar surface area (TPSA) is 67.8 Å². The summed E-state index contributed by atoms with van der Waals surface area (Å²) < 4.78 is 0. The Morgan fingerprint density at radius 3 is 2.60 bits per heavy atom. The molecule has 4 rings (SSSR count). The fourth-order valence-corrected chi connectivity index (χ4v) is 3.29. The predicted molar refractivity (Wildman–Crippen MR) is 100 cm³/mol. The maximum atomic E-state index is 12.4. The lowest BCUT2D eigenvalue weighted by molar-refractivity contribution is 0.102. The molecule has 7 heteroatoms. The highest BCUT2D eigenvalue weighted by Gasteiger charge is 2.13. The molecule has 0 unspecified atom stereocenters. The normalized spacial score (nSPS) is 10.8. The van der Waals surface area contributed by atoms with Gasteiger partial charge in [-0.2, -0.15) is 0 Å². The van der Waals surface area contributed by atoms with Crippen molar-refractivity contribution < 1.29 is 4.79 Å². The largest absolute Gasteiger partial charge is 0.296 e. The first-order valence-corrected chi connectivity index (χ1v) is 8.70. The lowest BCUT2D eigenvalue weighted by atomic mass is 10.2. The minimum atomic E-state index is -0.349. The summed E-state index contributed by atoms with van der Waals surface area (Å²) in [6.07, 6.45) is 1.46. The summed E-state index contributed by atoms with van der Waals surface area (Å²) in [4.78, 5) is 25.4. The fourth-order valence-electron chi connectivity index (χ4n) is 2.35. The van der Waals surface area contributed by atoms with Crippen molar-refractivity contribution in [1.29, 1.82) is 0 Å². The molecule has 0 atom stereocenters. The number of carbonyl (C=O) groups is 1. The monoisotopic (exact) mass is 366 g/mol. The van der Waals surface area contributed by atoms with Crippen LogP contribution in [0.1, 0.15) is 10.5 Å². The molecule has 4 aromatic rings. The van der Waals surface area contributed by atoms with Gasteiger partial charge in [-0.05, 0) is 18.2 Å². The molecule has 2 aromatic heterocycles. The number of nitrogens with one attached hydrogen (secondary N) is 1. The smallest absolute Gasteiger partial charge is 0.277 e. The van der Waals surface area contributed by atoms with E-state index >= 15 is 0 Å². The predicted octanol–water partition coefficient (Wildman–Crippen LogP) is 4.66. The Morgan fingerprint density at radius 1 is 1.00 bits per heavy atom. The van der Waals surface area contributed by atoms with Crippen LogP contribution in [-0.4, -0.2) is 20.9 Å². The zero-order valence-electron chi connectivity index (χ0n) is 12.8. The molecule has 1 N–H and O–H groups in total. The van der Waals surface area contributed by atoms with Gasteiger partial charge in [0.2, 0.25) is 0 Å². The van der Waals surface area contributed by atoms with Crippen LogP contribution in [0, 0.1) is 0 Å². The van der Waals surface area contributed by atoms with Crippen molar-refractivity contribution in [1.82, 2.24) is 15.0 Å². The molecule has 0 aliphatic heterocycles. The van der Waals surface area contributed by atoms with Gasteiger partial charge in [0.25, 0.3) is 5.91 Å². The molecule has 0 radical (unpaired) electrons. The number of fused-ring (bicyclic) bond motifs is 1. The van der Waals surface area contributed by atoms with Crippen LogP contribution in [0.2, 0.25) is 5.02 Å². The summed E-state index contributed by atoms with van der Waals surface area (Å²) in [6.45, 7) is 0. The van der Waals surface area contributed by atoms with E-state index in [0.29, 0.717) is 15.7 Å². The molecule has 25 heavy (non-hydrogen) atoms. The zero-order chi connectivity index (χ0) is 17.2. The van der Waals surface area contributed by atoms with Crippen LogP contribution in [0.4, 0.5) is 5.13 Å². The first-order valence-electron chi connectivity index (χ1n) is 7.44. The number of hydrogen-bond acceptors (Lipinski definition) is 5. The van der Waals surface area contributed by atoms with Gasteiger partial charge in [-0.25, -0.2) is 9.97 Å². The molecular formula is C18H11ClN4OS. The van der Waals surface area contributed by atoms with E-state index in [2.05, 4.69) is 20.3 Å². The van der Waals surface area contributed by atoms with Crippen LogP contribution < -0.4 is 5.32 Å². The first kappa shape index (κ1) is 15.7. The van der Waals surface area contributed by atoms with Gasteiger partial charge in [-0.1, -0.05) is 41.9 Å². The molecule has 0 aliphatic rings. The standard InChI is InChI=1S/C18H11ClN4OS/c19-12-6-2-1-5-11(12)16-10-25-18(22-16)23-17(24)15-9-20-13-7-3-4-8-14(13)21-15/h1-10H,(H,22,23,24). The summed E-state index contributed by atoms with van der Waals surface area (Å²) in [5.41, 5.74) is 3.20. The summed E-state index contributed by atoms with van der Waals surface area (Å²) in [7, 11) is 0. The van der Waals surface area contributed by atoms with Crippen molar-refractivity contribution in [2.45, 2.75) is 0 Å². The quantitative estimate of drug-likeness (QED) is 0.572. The van der Waals surface area contributed by atoms with Crippen molar-refractivity contribution in [3.63, 3.8) is 0 Å². The van der Waals surface area contributed by atoms with E-state index in [-0.39, 0.29) is 11.6 Å². The summed E-state index contributed by atoms with van der Waals surface area (Å²) in [5.74, 6) is -0.349. The molecular weight excluding hydrogens is 356 g/mol. The lowest BCUT2D eigenvalue weighted by Crippen LogP contribution is -2.14. The highest BCUT2D eigenvalue weighted by molar-refractivity contribution is 7.14. The highest BCUT2D eigenvalue weighted by Crippen LogP contribution is 2.30. The third kappa shape index (κ3) is 3.22. The summed E-state index contributed by atoms with van der Waals surface area (Å²) in [6, 6.07) is 14.8. The van der Waals surface area contributed by atoms with Crippen LogP contribution in [-0.2, 0) is 0 Å². The average Bonchev–Trinajstić information content (AvgIpc) is 3.10. The Kier molecular flexibility index (Phi) is 4.13. The van der Waals surface area contributed by atoms with Gasteiger partial charge in [0.05, 0.1) is 22.9 Å². The lowest BCUT2D eigenvalue weighted by Gasteiger charge is -2.02. The van der Waals surface area contributed by atoms with Gasteiger partial charge in [-0.3, -0.25) is 15.1 Å². The Balaban J connectivity index is 1.57. The van der Waals surface area contributed by atoms with Crippen LogP contribution in [0.15, 0.2) is 60.1 Å². The first-order chi connectivity index (χ1) is 12.2. The molecule has 0 bridgehead atoms. The van der Waals surface area contributed by atoms with Gasteiger partial charge in [0.1, 0.15) is 5.69 Å². The molecule has 0 saturated heterocycles. The molecule has 2 aromatic carbocycles. The Hall–Kier alpha value is -2.83. The average molecular weight is 367 g/mol. The Morgan fingerprint density at radius 2 is 1.76 bits per heavy atom. The van der Waals surface area contributed by atoms with Gasteiger partial charge in [-0.15, -0.1) is 11.3 Å². The molecule has 0 saturated carbocycles. The third-order valence-electron chi connectivity index (χ3n) is 3.56. The maximum Gasteiger partial charge on any atom is 0.277 e. The second-order valence-corrected chi connectivity index (χ2v) is 6.48. The number of hydrogen-bond donors (Lipinski definition) is 1. The van der Waals surface area contributed by atoms with E-state index in [0.717, 1.165) is 16.8 Å². The number of anilines is 1. The zero-order valence-corrected chi connectivity index (χ0v) is 14.4. The number of thiazole rings is 1. The number of aromatic nitrogens is 3. The van der Waals surface area contributed by atoms with Crippen LogP contribution in [0.3, 0.4) is 0 Å². The number of benzene rings is 2. The molecule has 122 valence electrons. The van der Waals surface area contributed by atoms with E-state index in [4.69, 9.17) is 11.6 Å². The number of para-hydroxylation sites is 2. The van der Waals surface area contributed by atoms with Crippen molar-refractivity contribution >= 4 is 45.0 Å². The van der Waals surface area contributed by atoms with Crippen molar-refractivity contribution in [2.75, 3.05) is 5.32 Å². The third-order valence-corrected chi connectivity index (χ3v) is 4.64. The fraction of sp³-hybridized carbons (Fsp3) is 0. The number of halogens is 1. The Labute approximate surface area is 152 Å². The summed E-state index contributed by atoms with van der Waals surface area (Å²) >= 11 is 7.51. The number of amides is 1. The van der Waals surface area contributed by atoms with Crippen molar-refractivity contribution in [3.8, 4) is 11.3 Å². The molecule has 5 nitrogen and oxygen atoms in total. The minimum Gasteiger partial charge on any atom is -0.296 e. The van der Waals surface area contributed by atoms with Gasteiger partial charge < -0.3 is 0 Å². The van der Waals surface area contributed by atoms with E-state index < -0.39 is 0 Å². The van der Waals surface area contributed by atoms with Crippen molar-refractivity contribution in [3.05, 3.63) is 70.8 Å². The number of rotatable bonds is 3. The molecule has 0 fully saturated rings. The van der Waals surface area contributed by atoms with E-state index in [1.54, 1.807) is 6.07 Å². The highest BCUT2D eigenvalue weighted by atomic mass is 35.5. The van der Waals surface area contributed by atoms with Crippen LogP contribution in [0.25, 0.3) is 22.3 Å². The Bertz CT molecular complexity index is 1080. The molecule has 1 amide bonds. The summed E-state index contributed by atoms with van der Waals surface area (Å²) in [5, 5.41) is 5.70. The maximum absolute atomic E-state index is 12.4. The minimum absolute atomic E-state index is 0.244. The second kappa shape index (κ2) is 6.58. The number of nitrogens with zero attached hydrogens (tertiary/aromatic N) is 3. The van der Waals surface area contributed by atoms with Crippen LogP contribution in [0.5, 0.6) is 0 Å². The van der Waals surface area contributed by atoms with E-state index in [1.165, 1.54) is 17.5 Å².